The van der Waals surface area contributed by atoms with Gasteiger partial charge in [0.2, 0.25) is 0 Å². The van der Waals surface area contributed by atoms with Crippen molar-refractivity contribution in [1.29, 1.82) is 0 Å². The Morgan fingerprint density at radius 2 is 2.00 bits per heavy atom. The molecule has 0 aliphatic heterocycles. The van der Waals surface area contributed by atoms with E-state index >= 15 is 0 Å². The van der Waals surface area contributed by atoms with E-state index in [2.05, 4.69) is 38.2 Å². The third-order valence-electron chi connectivity index (χ3n) is 2.92. The van der Waals surface area contributed by atoms with E-state index in [9.17, 15) is 4.79 Å². The summed E-state index contributed by atoms with van der Waals surface area (Å²) in [5, 5.41) is 3.47. The maximum atomic E-state index is 11.4. The molecule has 1 N–H and O–H groups in total. The molecule has 0 aromatic carbocycles. The van der Waals surface area contributed by atoms with Crippen molar-refractivity contribution < 1.29 is 9.53 Å². The van der Waals surface area contributed by atoms with Crippen LogP contribution in [0.4, 0.5) is 0 Å². The fourth-order valence-corrected chi connectivity index (χ4v) is 1.74. The van der Waals surface area contributed by atoms with Crippen LogP contribution in [0.1, 0.15) is 27.2 Å². The monoisotopic (exact) mass is 256 g/mol. The summed E-state index contributed by atoms with van der Waals surface area (Å²) < 4.78 is 4.73. The highest BCUT2D eigenvalue weighted by Crippen LogP contribution is 2.05. The van der Waals surface area contributed by atoms with E-state index in [0.29, 0.717) is 24.9 Å². The number of esters is 1. The molecule has 4 heteroatoms. The third-order valence-corrected chi connectivity index (χ3v) is 2.92. The van der Waals surface area contributed by atoms with Crippen LogP contribution in [0.3, 0.4) is 0 Å². The second kappa shape index (κ2) is 9.11. The van der Waals surface area contributed by atoms with E-state index in [1.165, 1.54) is 7.11 Å². The number of ether oxygens (including phenoxy) is 1. The summed E-state index contributed by atoms with van der Waals surface area (Å²) in [4.78, 5) is 13.6. The van der Waals surface area contributed by atoms with Gasteiger partial charge in [-0.15, -0.1) is 0 Å². The lowest BCUT2D eigenvalue weighted by Gasteiger charge is -2.25. The first-order chi connectivity index (χ1) is 8.42. The van der Waals surface area contributed by atoms with Crippen LogP contribution in [0.2, 0.25) is 0 Å². The Balaban J connectivity index is 4.34. The number of nitrogens with one attached hydrogen (secondary N) is 1. The van der Waals surface area contributed by atoms with E-state index in [-0.39, 0.29) is 5.97 Å². The van der Waals surface area contributed by atoms with Crippen LogP contribution < -0.4 is 5.32 Å². The van der Waals surface area contributed by atoms with Gasteiger partial charge in [0.25, 0.3) is 0 Å². The van der Waals surface area contributed by atoms with Crippen molar-refractivity contribution in [3.63, 3.8) is 0 Å². The molecule has 0 aliphatic carbocycles. The minimum Gasteiger partial charge on any atom is -0.466 e. The Bertz CT molecular complexity index is 273. The normalized spacial score (nSPS) is 14.1. The van der Waals surface area contributed by atoms with Crippen molar-refractivity contribution in [2.45, 2.75) is 33.2 Å². The molecule has 0 amide bonds. The maximum absolute atomic E-state index is 11.4. The molecule has 4 nitrogen and oxygen atoms in total. The van der Waals surface area contributed by atoms with Crippen molar-refractivity contribution in [2.75, 3.05) is 34.3 Å². The van der Waals surface area contributed by atoms with Crippen molar-refractivity contribution in [3.05, 3.63) is 11.6 Å². The average Bonchev–Trinajstić information content (AvgIpc) is 2.31. The second-order valence-electron chi connectivity index (χ2n) is 5.10. The van der Waals surface area contributed by atoms with Crippen LogP contribution >= 0.6 is 0 Å². The number of rotatable bonds is 8. The van der Waals surface area contributed by atoms with Gasteiger partial charge in [-0.1, -0.05) is 26.8 Å². The van der Waals surface area contributed by atoms with Crippen LogP contribution in [0.15, 0.2) is 11.6 Å². The Morgan fingerprint density at radius 1 is 1.39 bits per heavy atom. The van der Waals surface area contributed by atoms with Crippen LogP contribution in [0.5, 0.6) is 0 Å². The molecule has 1 atom stereocenters. The van der Waals surface area contributed by atoms with Gasteiger partial charge in [0.05, 0.1) is 7.11 Å². The number of carbonyl (C=O) groups excluding carboxylic acids is 1. The standard InChI is InChI=1S/C14H28N2O2/c1-7-12(14(17)18-6)8-9-15-13(11(2)3)10-16(4)5/h8,11,13,15H,7,9-10H2,1-6H3. The molecule has 0 aromatic rings. The zero-order valence-corrected chi connectivity index (χ0v) is 12.6. The summed E-state index contributed by atoms with van der Waals surface area (Å²) in [5.74, 6) is 0.331. The SMILES string of the molecule is CCC(=CCNC(CN(C)C)C(C)C)C(=O)OC. The quantitative estimate of drug-likeness (QED) is 0.530. The number of carbonyl (C=O) groups is 1. The van der Waals surface area contributed by atoms with Crippen LogP contribution in [-0.2, 0) is 9.53 Å². The van der Waals surface area contributed by atoms with Gasteiger partial charge in [0.15, 0.2) is 0 Å². The lowest BCUT2D eigenvalue weighted by molar-refractivity contribution is -0.136. The molecule has 0 radical (unpaired) electrons. The molecule has 0 bridgehead atoms. The smallest absolute Gasteiger partial charge is 0.333 e. The lowest BCUT2D eigenvalue weighted by Crippen LogP contribution is -2.42. The van der Waals surface area contributed by atoms with Gasteiger partial charge in [0, 0.05) is 24.7 Å². The molecular formula is C14H28N2O2. The van der Waals surface area contributed by atoms with Crippen LogP contribution in [0, 0.1) is 5.92 Å². The number of likely N-dealkylation sites (N-methyl/N-ethyl adjacent to an activating group) is 1. The lowest BCUT2D eigenvalue weighted by atomic mass is 10.0. The van der Waals surface area contributed by atoms with Crippen molar-refractivity contribution in [3.8, 4) is 0 Å². The van der Waals surface area contributed by atoms with Crippen molar-refractivity contribution in [2.24, 2.45) is 5.92 Å². The average molecular weight is 256 g/mol. The number of methoxy groups -OCH3 is 1. The highest BCUT2D eigenvalue weighted by Gasteiger charge is 2.13. The van der Waals surface area contributed by atoms with E-state index in [1.54, 1.807) is 0 Å². The molecule has 1 unspecified atom stereocenters. The minimum absolute atomic E-state index is 0.229. The molecular weight excluding hydrogens is 228 g/mol. The Kier molecular flexibility index (Phi) is 8.67. The molecule has 0 saturated heterocycles. The number of nitrogens with zero attached hydrogens (tertiary/aromatic N) is 1. The Hall–Kier alpha value is -0.870. The summed E-state index contributed by atoms with van der Waals surface area (Å²) in [6.07, 6.45) is 2.63. The fraction of sp³-hybridized carbons (Fsp3) is 0.786. The van der Waals surface area contributed by atoms with Crippen molar-refractivity contribution >= 4 is 5.97 Å². The molecule has 0 saturated carbocycles. The third kappa shape index (κ3) is 6.77. The van der Waals surface area contributed by atoms with E-state index in [1.807, 2.05) is 13.0 Å². The largest absolute Gasteiger partial charge is 0.466 e. The molecule has 0 spiro atoms. The zero-order chi connectivity index (χ0) is 14.1. The van der Waals surface area contributed by atoms with Gasteiger partial charge < -0.3 is 15.0 Å². The van der Waals surface area contributed by atoms with Gasteiger partial charge in [0.1, 0.15) is 0 Å². The molecule has 106 valence electrons. The summed E-state index contributed by atoms with van der Waals surface area (Å²) in [6.45, 7) is 8.06. The van der Waals surface area contributed by atoms with Crippen molar-refractivity contribution in [1.82, 2.24) is 10.2 Å². The van der Waals surface area contributed by atoms with Gasteiger partial charge in [-0.2, -0.15) is 0 Å². The minimum atomic E-state index is -0.229. The second-order valence-corrected chi connectivity index (χ2v) is 5.10. The number of hydrogen-bond acceptors (Lipinski definition) is 4. The first-order valence-electron chi connectivity index (χ1n) is 6.57. The zero-order valence-electron chi connectivity index (χ0n) is 12.6. The maximum Gasteiger partial charge on any atom is 0.333 e. The first kappa shape index (κ1) is 17.1. The molecule has 18 heavy (non-hydrogen) atoms. The van der Waals surface area contributed by atoms with Gasteiger partial charge >= 0.3 is 5.97 Å². The predicted octanol–water partition coefficient (Wildman–Crippen LogP) is 1.67. The van der Waals surface area contributed by atoms with E-state index in [0.717, 1.165) is 12.1 Å². The topological polar surface area (TPSA) is 41.6 Å². The van der Waals surface area contributed by atoms with Crippen LogP contribution in [-0.4, -0.2) is 51.2 Å². The van der Waals surface area contributed by atoms with Crippen LogP contribution in [0.25, 0.3) is 0 Å². The molecule has 0 fully saturated rings. The molecule has 0 aromatic heterocycles. The van der Waals surface area contributed by atoms with Gasteiger partial charge in [-0.25, -0.2) is 4.79 Å². The Labute approximate surface area is 111 Å². The summed E-state index contributed by atoms with van der Waals surface area (Å²) in [6, 6.07) is 0.423. The Morgan fingerprint density at radius 3 is 2.39 bits per heavy atom. The highest BCUT2D eigenvalue weighted by atomic mass is 16.5. The highest BCUT2D eigenvalue weighted by molar-refractivity contribution is 5.88. The number of hydrogen-bond donors (Lipinski definition) is 1. The molecule has 0 rings (SSSR count). The molecule has 0 heterocycles. The summed E-state index contributed by atoms with van der Waals surface area (Å²) in [5.41, 5.74) is 0.734. The summed E-state index contributed by atoms with van der Waals surface area (Å²) >= 11 is 0. The fourth-order valence-electron chi connectivity index (χ4n) is 1.74. The van der Waals surface area contributed by atoms with E-state index in [4.69, 9.17) is 4.74 Å². The summed E-state index contributed by atoms with van der Waals surface area (Å²) in [7, 11) is 5.56. The molecule has 0 aliphatic rings. The van der Waals surface area contributed by atoms with E-state index < -0.39 is 0 Å². The van der Waals surface area contributed by atoms with Gasteiger partial charge in [-0.05, 0) is 26.4 Å². The first-order valence-corrected chi connectivity index (χ1v) is 6.57. The predicted molar refractivity (Wildman–Crippen MR) is 75.6 cm³/mol. The van der Waals surface area contributed by atoms with Gasteiger partial charge in [-0.3, -0.25) is 0 Å².